The first-order valence-corrected chi connectivity index (χ1v) is 4.56. The number of rotatable bonds is 3. The zero-order chi connectivity index (χ0) is 14.5. The van der Waals surface area contributed by atoms with Gasteiger partial charge in [0.25, 0.3) is 0 Å². The standard InChI is InChI=1S/C4HF9O3S.Na.H2O/c5-1(6,3(9,10)11)2(7,8)4(12,13)17(14,15)16;;/h(H,14,15,16);;1H2/q;+1;/p-1. The molecular formula is C4H2F9NaO4S. The Balaban J connectivity index is -0.00000128. The van der Waals surface area contributed by atoms with Crippen molar-refractivity contribution in [3.8, 4) is 0 Å². The maximum atomic E-state index is 12.2. The molecule has 0 fully saturated rings. The summed E-state index contributed by atoms with van der Waals surface area (Å²) >= 11 is 0. The van der Waals surface area contributed by atoms with E-state index in [1.54, 1.807) is 0 Å². The minimum atomic E-state index is -7.43. The molecule has 0 saturated carbocycles. The van der Waals surface area contributed by atoms with E-state index in [0.29, 0.717) is 0 Å². The molecule has 112 valence electrons. The van der Waals surface area contributed by atoms with Crippen molar-refractivity contribution >= 4 is 10.1 Å². The zero-order valence-electron chi connectivity index (χ0n) is 8.53. The summed E-state index contributed by atoms with van der Waals surface area (Å²) in [5, 5.41) is -7.11. The van der Waals surface area contributed by atoms with Gasteiger partial charge in [-0.3, -0.25) is 0 Å². The van der Waals surface area contributed by atoms with E-state index < -0.39 is 33.4 Å². The molecule has 15 heteroatoms. The van der Waals surface area contributed by atoms with Gasteiger partial charge in [0.05, 0.1) is 0 Å². The minimum Gasteiger partial charge on any atom is -0.743 e. The Kier molecular flexibility index (Phi) is 7.57. The van der Waals surface area contributed by atoms with Gasteiger partial charge in [-0.2, -0.15) is 39.5 Å². The van der Waals surface area contributed by atoms with Crippen LogP contribution < -0.4 is 29.6 Å². The molecule has 0 aromatic heterocycles. The largest absolute Gasteiger partial charge is 1.00 e. The van der Waals surface area contributed by atoms with Crippen LogP contribution in [0.1, 0.15) is 0 Å². The zero-order valence-corrected chi connectivity index (χ0v) is 11.4. The van der Waals surface area contributed by atoms with Gasteiger partial charge in [-0.25, -0.2) is 8.42 Å². The molecule has 2 N–H and O–H groups in total. The molecule has 0 bridgehead atoms. The van der Waals surface area contributed by atoms with Crippen molar-refractivity contribution in [2.75, 3.05) is 0 Å². The van der Waals surface area contributed by atoms with Crippen LogP contribution in [0.15, 0.2) is 0 Å². The van der Waals surface area contributed by atoms with Gasteiger partial charge in [0.1, 0.15) is 0 Å². The summed E-state index contributed by atoms with van der Waals surface area (Å²) in [6, 6.07) is 0. The van der Waals surface area contributed by atoms with E-state index in [0.717, 1.165) is 0 Å². The second kappa shape index (κ2) is 5.93. The second-order valence-corrected chi connectivity index (χ2v) is 4.04. The van der Waals surface area contributed by atoms with E-state index in [4.69, 9.17) is 0 Å². The summed E-state index contributed by atoms with van der Waals surface area (Å²) in [7, 11) is -7.42. The van der Waals surface area contributed by atoms with Crippen LogP contribution in [0, 0.1) is 0 Å². The van der Waals surface area contributed by atoms with E-state index in [2.05, 4.69) is 0 Å². The van der Waals surface area contributed by atoms with Crippen molar-refractivity contribution in [1.82, 2.24) is 0 Å². The van der Waals surface area contributed by atoms with Gasteiger partial charge in [0.15, 0.2) is 10.1 Å². The Morgan fingerprint density at radius 3 is 1.16 bits per heavy atom. The molecular weight excluding hydrogens is 338 g/mol. The predicted molar refractivity (Wildman–Crippen MR) is 34.2 cm³/mol. The summed E-state index contributed by atoms with van der Waals surface area (Å²) in [4.78, 5) is 0. The smallest absolute Gasteiger partial charge is 0.743 e. The minimum absolute atomic E-state index is 0. The summed E-state index contributed by atoms with van der Waals surface area (Å²) in [5.41, 5.74) is 0. The van der Waals surface area contributed by atoms with Crippen LogP contribution in [0.5, 0.6) is 0 Å². The Morgan fingerprint density at radius 2 is 1.00 bits per heavy atom. The molecule has 0 aliphatic carbocycles. The number of hydrogen-bond acceptors (Lipinski definition) is 3. The fourth-order valence-corrected chi connectivity index (χ4v) is 0.960. The Bertz CT molecular complexity index is 401. The average Bonchev–Trinajstić information content (AvgIpc) is 1.98. The van der Waals surface area contributed by atoms with Crippen molar-refractivity contribution in [2.45, 2.75) is 23.3 Å². The van der Waals surface area contributed by atoms with Gasteiger partial charge in [-0.15, -0.1) is 0 Å². The molecule has 0 unspecified atom stereocenters. The molecule has 0 rings (SSSR count). The van der Waals surface area contributed by atoms with E-state index in [-0.39, 0.29) is 35.0 Å². The van der Waals surface area contributed by atoms with Gasteiger partial charge in [-0.1, -0.05) is 0 Å². The third-order valence-electron chi connectivity index (χ3n) is 1.43. The van der Waals surface area contributed by atoms with Gasteiger partial charge in [-0.05, 0) is 0 Å². The maximum Gasteiger partial charge on any atom is 1.00 e. The molecule has 0 radical (unpaired) electrons. The van der Waals surface area contributed by atoms with Crippen molar-refractivity contribution in [3.63, 3.8) is 0 Å². The first kappa shape index (κ1) is 24.3. The van der Waals surface area contributed by atoms with Gasteiger partial charge < -0.3 is 10.0 Å². The maximum absolute atomic E-state index is 12.2. The molecule has 4 nitrogen and oxygen atoms in total. The molecule has 0 aliphatic heterocycles. The summed E-state index contributed by atoms with van der Waals surface area (Å²) < 4.78 is 135. The van der Waals surface area contributed by atoms with Crippen LogP contribution in [0.2, 0.25) is 0 Å². The van der Waals surface area contributed by atoms with Crippen molar-refractivity contribution in [2.24, 2.45) is 0 Å². The molecule has 19 heavy (non-hydrogen) atoms. The van der Waals surface area contributed by atoms with Crippen LogP contribution in [0.3, 0.4) is 0 Å². The van der Waals surface area contributed by atoms with E-state index in [1.165, 1.54) is 0 Å². The fourth-order valence-electron chi connectivity index (χ4n) is 0.518. The molecule has 0 aromatic rings. The first-order chi connectivity index (χ1) is 7.00. The van der Waals surface area contributed by atoms with Crippen LogP contribution >= 0.6 is 0 Å². The van der Waals surface area contributed by atoms with Gasteiger partial charge in [0, 0.05) is 0 Å². The Morgan fingerprint density at radius 1 is 0.737 bits per heavy atom. The SMILES string of the molecule is O.O=S(=O)([O-])C(F)(F)C(F)(F)C(F)(F)C(F)(F)F.[Na+]. The van der Waals surface area contributed by atoms with E-state index in [1.807, 2.05) is 0 Å². The molecule has 0 saturated heterocycles. The Hall–Kier alpha value is 0.240. The molecule has 0 atom stereocenters. The monoisotopic (exact) mass is 340 g/mol. The number of hydrogen-bond donors (Lipinski definition) is 0. The van der Waals surface area contributed by atoms with Crippen molar-refractivity contribution in [1.29, 1.82) is 0 Å². The van der Waals surface area contributed by atoms with Crippen LogP contribution in [-0.4, -0.2) is 41.7 Å². The normalized spacial score (nSPS) is 14.4. The summed E-state index contributed by atoms with van der Waals surface area (Å²) in [5.74, 6) is -14.8. The number of halogens is 9. The third kappa shape index (κ3) is 3.66. The summed E-state index contributed by atoms with van der Waals surface area (Å²) in [6.45, 7) is 0. The molecule has 0 spiro atoms. The predicted octanol–water partition coefficient (Wildman–Crippen LogP) is -1.86. The second-order valence-electron chi connectivity index (χ2n) is 2.62. The van der Waals surface area contributed by atoms with Crippen molar-refractivity contribution in [3.05, 3.63) is 0 Å². The average molecular weight is 340 g/mol. The Labute approximate surface area is 121 Å². The molecule has 0 aromatic carbocycles. The van der Waals surface area contributed by atoms with Gasteiger partial charge in [0.2, 0.25) is 0 Å². The first-order valence-electron chi connectivity index (χ1n) is 3.15. The van der Waals surface area contributed by atoms with E-state index >= 15 is 0 Å². The quantitative estimate of drug-likeness (QED) is 0.343. The third-order valence-corrected chi connectivity index (χ3v) is 2.31. The van der Waals surface area contributed by atoms with Crippen molar-refractivity contribution < 1.29 is 87.5 Å². The van der Waals surface area contributed by atoms with Crippen LogP contribution in [0.25, 0.3) is 0 Å². The topological polar surface area (TPSA) is 88.7 Å². The van der Waals surface area contributed by atoms with Crippen LogP contribution in [-0.2, 0) is 10.1 Å². The van der Waals surface area contributed by atoms with E-state index in [9.17, 15) is 52.5 Å². The fraction of sp³-hybridized carbons (Fsp3) is 1.00. The molecule has 0 heterocycles. The molecule has 0 amide bonds. The van der Waals surface area contributed by atoms with Gasteiger partial charge >= 0.3 is 52.8 Å². The van der Waals surface area contributed by atoms with Crippen LogP contribution in [0.4, 0.5) is 39.5 Å². The number of alkyl halides is 9. The molecule has 0 aliphatic rings. The summed E-state index contributed by atoms with van der Waals surface area (Å²) in [6.07, 6.45) is -7.16.